The molecular formula is C13H14N2O5. The number of amides is 1. The van der Waals surface area contributed by atoms with Crippen molar-refractivity contribution in [2.24, 2.45) is 0 Å². The van der Waals surface area contributed by atoms with Gasteiger partial charge in [-0.15, -0.1) is 0 Å². The molecule has 2 N–H and O–H groups in total. The van der Waals surface area contributed by atoms with Crippen molar-refractivity contribution < 1.29 is 24.1 Å². The van der Waals surface area contributed by atoms with Crippen LogP contribution in [0, 0.1) is 11.5 Å². The number of nitrogens with one attached hydrogen (secondary N) is 1. The zero-order valence-electron chi connectivity index (χ0n) is 11.3. The molecule has 1 amide bonds. The second kappa shape index (κ2) is 6.89. The van der Waals surface area contributed by atoms with E-state index < -0.39 is 5.91 Å². The summed E-state index contributed by atoms with van der Waals surface area (Å²) in [6.07, 6.45) is 2.34. The van der Waals surface area contributed by atoms with Crippen LogP contribution in [0.15, 0.2) is 18.2 Å². The van der Waals surface area contributed by atoms with Gasteiger partial charge in [-0.2, -0.15) is 5.26 Å². The van der Waals surface area contributed by atoms with Gasteiger partial charge in [0.25, 0.3) is 5.91 Å². The van der Waals surface area contributed by atoms with E-state index in [1.165, 1.54) is 39.7 Å². The predicted octanol–water partition coefficient (Wildman–Crippen LogP) is 1.21. The number of ether oxygens (including phenoxy) is 3. The number of rotatable bonds is 5. The Morgan fingerprint density at radius 2 is 1.80 bits per heavy atom. The Morgan fingerprint density at radius 1 is 1.25 bits per heavy atom. The second-order valence-electron chi connectivity index (χ2n) is 3.54. The Morgan fingerprint density at radius 3 is 2.20 bits per heavy atom. The smallest absolute Gasteiger partial charge is 0.260 e. The summed E-state index contributed by atoms with van der Waals surface area (Å²) in [5.74, 6) is -0.0336. The fraction of sp³-hybridized carbons (Fsp3) is 0.231. The molecule has 0 bridgehead atoms. The first kappa shape index (κ1) is 15.2. The van der Waals surface area contributed by atoms with Crippen molar-refractivity contribution in [3.8, 4) is 23.4 Å². The molecule has 0 aromatic heterocycles. The fourth-order valence-electron chi connectivity index (χ4n) is 1.53. The van der Waals surface area contributed by atoms with Gasteiger partial charge >= 0.3 is 0 Å². The molecule has 0 spiro atoms. The molecule has 0 aliphatic heterocycles. The summed E-state index contributed by atoms with van der Waals surface area (Å²) in [5.41, 5.74) is 0.285. The van der Waals surface area contributed by atoms with Gasteiger partial charge in [0, 0.05) is 11.6 Å². The summed E-state index contributed by atoms with van der Waals surface area (Å²) in [4.78, 5) is 11.2. The maximum absolute atomic E-state index is 11.2. The standard InChI is InChI=1S/C13H14N2O5/c1-18-10-4-8(5-11(19-2)13(10)20-3)9(16)6-12(17)15-7-14/h4-6,16H,1-3H3,(H,15,17). The summed E-state index contributed by atoms with van der Waals surface area (Å²) in [6, 6.07) is 2.96. The largest absolute Gasteiger partial charge is 0.507 e. The monoisotopic (exact) mass is 278 g/mol. The number of aliphatic hydroxyl groups is 1. The highest BCUT2D eigenvalue weighted by atomic mass is 16.5. The Bertz CT molecular complexity index is 550. The van der Waals surface area contributed by atoms with Crippen LogP contribution in [0.25, 0.3) is 5.76 Å². The average molecular weight is 278 g/mol. The van der Waals surface area contributed by atoms with Crippen molar-refractivity contribution in [2.45, 2.75) is 0 Å². The first-order valence-corrected chi connectivity index (χ1v) is 5.47. The van der Waals surface area contributed by atoms with E-state index in [4.69, 9.17) is 19.5 Å². The van der Waals surface area contributed by atoms with E-state index in [9.17, 15) is 9.90 Å². The summed E-state index contributed by atoms with van der Waals surface area (Å²) in [5, 5.41) is 20.0. The molecule has 106 valence electrons. The number of nitriles is 1. The van der Waals surface area contributed by atoms with E-state index in [1.54, 1.807) is 0 Å². The third kappa shape index (κ3) is 3.32. The number of benzene rings is 1. The molecule has 0 heterocycles. The quantitative estimate of drug-likeness (QED) is 0.363. The van der Waals surface area contributed by atoms with Gasteiger partial charge in [0.05, 0.1) is 21.3 Å². The number of aliphatic hydroxyl groups excluding tert-OH is 1. The zero-order valence-corrected chi connectivity index (χ0v) is 11.3. The van der Waals surface area contributed by atoms with E-state index >= 15 is 0 Å². The minimum absolute atomic E-state index is 0.285. The zero-order chi connectivity index (χ0) is 15.1. The van der Waals surface area contributed by atoms with Gasteiger partial charge in [0.2, 0.25) is 5.75 Å². The normalized spacial score (nSPS) is 10.4. The maximum atomic E-state index is 11.2. The van der Waals surface area contributed by atoms with Crippen LogP contribution in [-0.2, 0) is 4.79 Å². The van der Waals surface area contributed by atoms with Gasteiger partial charge in [-0.05, 0) is 12.1 Å². The minimum Gasteiger partial charge on any atom is -0.507 e. The van der Waals surface area contributed by atoms with Gasteiger partial charge in [-0.25, -0.2) is 0 Å². The average Bonchev–Trinajstić information content (AvgIpc) is 2.45. The number of carbonyl (C=O) groups is 1. The molecule has 0 saturated carbocycles. The van der Waals surface area contributed by atoms with Gasteiger partial charge in [-0.3, -0.25) is 10.1 Å². The first-order chi connectivity index (χ1) is 9.57. The van der Waals surface area contributed by atoms with Gasteiger partial charge in [-0.1, -0.05) is 0 Å². The van der Waals surface area contributed by atoms with Crippen LogP contribution in [0.3, 0.4) is 0 Å². The molecular weight excluding hydrogens is 264 g/mol. The Labute approximate surface area is 116 Å². The SMILES string of the molecule is COc1cc(C(O)=CC(=O)NC#N)cc(OC)c1OC. The molecule has 1 aromatic carbocycles. The first-order valence-electron chi connectivity index (χ1n) is 5.47. The van der Waals surface area contributed by atoms with Crippen LogP contribution in [0.1, 0.15) is 5.56 Å². The van der Waals surface area contributed by atoms with E-state index in [0.717, 1.165) is 6.08 Å². The second-order valence-corrected chi connectivity index (χ2v) is 3.54. The van der Waals surface area contributed by atoms with Crippen LogP contribution in [-0.4, -0.2) is 32.3 Å². The highest BCUT2D eigenvalue weighted by Gasteiger charge is 2.15. The van der Waals surface area contributed by atoms with Crippen molar-refractivity contribution in [3.05, 3.63) is 23.8 Å². The number of hydrogen-bond donors (Lipinski definition) is 2. The number of carbonyl (C=O) groups excluding carboxylic acids is 1. The van der Waals surface area contributed by atoms with Crippen LogP contribution >= 0.6 is 0 Å². The Kier molecular flexibility index (Phi) is 5.23. The molecule has 0 aliphatic rings. The summed E-state index contributed by atoms with van der Waals surface area (Å²) >= 11 is 0. The minimum atomic E-state index is -0.737. The van der Waals surface area contributed by atoms with Crippen LogP contribution in [0.5, 0.6) is 17.2 Å². The molecule has 7 nitrogen and oxygen atoms in total. The fourth-order valence-corrected chi connectivity index (χ4v) is 1.53. The lowest BCUT2D eigenvalue weighted by atomic mass is 10.1. The van der Waals surface area contributed by atoms with Gasteiger partial charge < -0.3 is 19.3 Å². The van der Waals surface area contributed by atoms with E-state index in [0.29, 0.717) is 17.2 Å². The molecule has 0 aliphatic carbocycles. The predicted molar refractivity (Wildman–Crippen MR) is 70.5 cm³/mol. The molecule has 0 atom stereocenters. The number of methoxy groups -OCH3 is 3. The highest BCUT2D eigenvalue weighted by Crippen LogP contribution is 2.39. The van der Waals surface area contributed by atoms with Crippen LogP contribution < -0.4 is 19.5 Å². The molecule has 0 unspecified atom stereocenters. The van der Waals surface area contributed by atoms with Crippen LogP contribution in [0.4, 0.5) is 0 Å². The summed E-state index contributed by atoms with van der Waals surface area (Å²) in [6.45, 7) is 0. The summed E-state index contributed by atoms with van der Waals surface area (Å²) < 4.78 is 15.4. The van der Waals surface area contributed by atoms with Crippen molar-refractivity contribution in [3.63, 3.8) is 0 Å². The lowest BCUT2D eigenvalue weighted by Gasteiger charge is -2.13. The van der Waals surface area contributed by atoms with E-state index in [1.807, 2.05) is 5.32 Å². The van der Waals surface area contributed by atoms with Crippen LogP contribution in [0.2, 0.25) is 0 Å². The van der Waals surface area contributed by atoms with E-state index in [-0.39, 0.29) is 11.3 Å². The summed E-state index contributed by atoms with van der Waals surface area (Å²) in [7, 11) is 4.32. The van der Waals surface area contributed by atoms with Crippen molar-refractivity contribution >= 4 is 11.7 Å². The van der Waals surface area contributed by atoms with Crippen molar-refractivity contribution in [2.75, 3.05) is 21.3 Å². The molecule has 0 fully saturated rings. The lowest BCUT2D eigenvalue weighted by molar-refractivity contribution is -0.115. The van der Waals surface area contributed by atoms with E-state index in [2.05, 4.69) is 0 Å². The van der Waals surface area contributed by atoms with Gasteiger partial charge in [0.15, 0.2) is 17.7 Å². The maximum Gasteiger partial charge on any atom is 0.260 e. The lowest BCUT2D eigenvalue weighted by Crippen LogP contribution is -2.14. The molecule has 0 radical (unpaired) electrons. The molecule has 1 rings (SSSR count). The number of hydrogen-bond acceptors (Lipinski definition) is 6. The molecule has 20 heavy (non-hydrogen) atoms. The van der Waals surface area contributed by atoms with Gasteiger partial charge in [0.1, 0.15) is 5.76 Å². The molecule has 0 saturated heterocycles. The molecule has 7 heteroatoms. The van der Waals surface area contributed by atoms with Crippen molar-refractivity contribution in [1.29, 1.82) is 5.26 Å². The Hall–Kier alpha value is -2.88. The highest BCUT2D eigenvalue weighted by molar-refractivity contribution is 5.94. The third-order valence-corrected chi connectivity index (χ3v) is 2.41. The number of nitrogens with zero attached hydrogens (tertiary/aromatic N) is 1. The molecule has 1 aromatic rings. The Balaban J connectivity index is 3.26. The van der Waals surface area contributed by atoms with Crippen molar-refractivity contribution in [1.82, 2.24) is 5.32 Å². The third-order valence-electron chi connectivity index (χ3n) is 2.41. The topological polar surface area (TPSA) is 101 Å².